The summed E-state index contributed by atoms with van der Waals surface area (Å²) in [6.45, 7) is 2.57. The maximum absolute atomic E-state index is 12.1. The number of nitrogens with zero attached hydrogens (tertiary/aromatic N) is 2. The van der Waals surface area contributed by atoms with Crippen molar-refractivity contribution in [3.63, 3.8) is 0 Å². The topological polar surface area (TPSA) is 65.5 Å². The third kappa shape index (κ3) is 3.18. The molecule has 0 atom stereocenters. The zero-order valence-corrected chi connectivity index (χ0v) is 12.3. The van der Waals surface area contributed by atoms with Crippen LogP contribution < -0.4 is 10.2 Å². The van der Waals surface area contributed by atoms with Gasteiger partial charge >= 0.3 is 0 Å². The zero-order valence-electron chi connectivity index (χ0n) is 12.3. The van der Waals surface area contributed by atoms with E-state index in [2.05, 4.69) is 15.2 Å². The van der Waals surface area contributed by atoms with Crippen LogP contribution in [-0.4, -0.2) is 34.7 Å². The summed E-state index contributed by atoms with van der Waals surface area (Å²) in [5.41, 5.74) is -0.119. The highest BCUT2D eigenvalue weighted by atomic mass is 16.3. The molecule has 1 saturated heterocycles. The first kappa shape index (κ1) is 14.3. The van der Waals surface area contributed by atoms with E-state index in [9.17, 15) is 9.90 Å². The Labute approximate surface area is 125 Å². The lowest BCUT2D eigenvalue weighted by atomic mass is 10.0. The van der Waals surface area contributed by atoms with Crippen LogP contribution in [0.3, 0.4) is 0 Å². The first-order valence-electron chi connectivity index (χ1n) is 7.88. The number of aromatic nitrogens is 1. The molecule has 114 valence electrons. The third-order valence-corrected chi connectivity index (χ3v) is 4.55. The minimum atomic E-state index is -1.15. The van der Waals surface area contributed by atoms with Gasteiger partial charge < -0.3 is 15.3 Å². The minimum absolute atomic E-state index is 0.237. The number of hydrogen-bond donors (Lipinski definition) is 2. The van der Waals surface area contributed by atoms with Crippen molar-refractivity contribution >= 4 is 11.7 Å². The SMILES string of the molecule is O=C(NCc1ccnc(N2CCCC2)c1)C1(O)CCCC1. The monoisotopic (exact) mass is 289 g/mol. The molecule has 1 aromatic rings. The molecule has 2 N–H and O–H groups in total. The van der Waals surface area contributed by atoms with Crippen LogP contribution in [0, 0.1) is 0 Å². The normalized spacial score (nSPS) is 20.7. The minimum Gasteiger partial charge on any atom is -0.380 e. The second kappa shape index (κ2) is 6.02. The molecule has 5 nitrogen and oxygen atoms in total. The summed E-state index contributed by atoms with van der Waals surface area (Å²) in [5.74, 6) is 0.748. The Morgan fingerprint density at radius 2 is 2.00 bits per heavy atom. The first-order chi connectivity index (χ1) is 10.2. The van der Waals surface area contributed by atoms with Crippen molar-refractivity contribution in [1.82, 2.24) is 10.3 Å². The van der Waals surface area contributed by atoms with Crippen molar-refractivity contribution in [3.8, 4) is 0 Å². The molecule has 1 aliphatic carbocycles. The van der Waals surface area contributed by atoms with Crippen LogP contribution in [0.4, 0.5) is 5.82 Å². The summed E-state index contributed by atoms with van der Waals surface area (Å²) in [7, 11) is 0. The highest BCUT2D eigenvalue weighted by molar-refractivity contribution is 5.85. The summed E-state index contributed by atoms with van der Waals surface area (Å²) in [5, 5.41) is 13.1. The molecule has 1 aliphatic heterocycles. The van der Waals surface area contributed by atoms with Gasteiger partial charge in [-0.1, -0.05) is 0 Å². The van der Waals surface area contributed by atoms with Gasteiger partial charge in [0.15, 0.2) is 0 Å². The van der Waals surface area contributed by atoms with Gasteiger partial charge in [-0.25, -0.2) is 4.98 Å². The quantitative estimate of drug-likeness (QED) is 0.883. The Balaban J connectivity index is 1.60. The van der Waals surface area contributed by atoms with E-state index in [-0.39, 0.29) is 5.91 Å². The van der Waals surface area contributed by atoms with Crippen LogP contribution >= 0.6 is 0 Å². The smallest absolute Gasteiger partial charge is 0.252 e. The Morgan fingerprint density at radius 1 is 1.29 bits per heavy atom. The van der Waals surface area contributed by atoms with Crippen molar-refractivity contribution in [3.05, 3.63) is 23.9 Å². The Bertz CT molecular complexity index is 506. The standard InChI is InChI=1S/C16H23N3O2/c20-15(16(21)6-1-2-7-16)18-12-13-5-8-17-14(11-13)19-9-3-4-10-19/h5,8,11,21H,1-4,6-7,9-10,12H2,(H,18,20). The molecular weight excluding hydrogens is 266 g/mol. The number of anilines is 1. The van der Waals surface area contributed by atoms with E-state index in [1.54, 1.807) is 6.20 Å². The molecule has 21 heavy (non-hydrogen) atoms. The predicted molar refractivity (Wildman–Crippen MR) is 80.9 cm³/mol. The van der Waals surface area contributed by atoms with Crippen LogP contribution in [0.5, 0.6) is 0 Å². The number of carbonyl (C=O) groups excluding carboxylic acids is 1. The second-order valence-corrected chi connectivity index (χ2v) is 6.14. The van der Waals surface area contributed by atoms with E-state index in [1.165, 1.54) is 12.8 Å². The highest BCUT2D eigenvalue weighted by Crippen LogP contribution is 2.29. The maximum Gasteiger partial charge on any atom is 0.252 e. The molecule has 0 bridgehead atoms. The van der Waals surface area contributed by atoms with Crippen LogP contribution in [0.15, 0.2) is 18.3 Å². The summed E-state index contributed by atoms with van der Waals surface area (Å²) in [4.78, 5) is 18.8. The zero-order chi connectivity index (χ0) is 14.7. The van der Waals surface area contributed by atoms with Crippen molar-refractivity contribution in [2.45, 2.75) is 50.7 Å². The van der Waals surface area contributed by atoms with E-state index >= 15 is 0 Å². The number of hydrogen-bond acceptors (Lipinski definition) is 4. The molecule has 0 spiro atoms. The van der Waals surface area contributed by atoms with E-state index in [1.807, 2.05) is 12.1 Å². The molecule has 0 unspecified atom stereocenters. The summed E-state index contributed by atoms with van der Waals surface area (Å²) in [6.07, 6.45) is 7.24. The van der Waals surface area contributed by atoms with Crippen LogP contribution in [0.2, 0.25) is 0 Å². The van der Waals surface area contributed by atoms with Crippen molar-refractivity contribution in [2.75, 3.05) is 18.0 Å². The van der Waals surface area contributed by atoms with E-state index in [0.717, 1.165) is 37.3 Å². The summed E-state index contributed by atoms with van der Waals surface area (Å²) < 4.78 is 0. The highest BCUT2D eigenvalue weighted by Gasteiger charge is 2.38. The van der Waals surface area contributed by atoms with Gasteiger partial charge in [0.1, 0.15) is 11.4 Å². The number of aliphatic hydroxyl groups is 1. The van der Waals surface area contributed by atoms with Gasteiger partial charge in [0.2, 0.25) is 0 Å². The lowest BCUT2D eigenvalue weighted by Crippen LogP contribution is -2.44. The van der Waals surface area contributed by atoms with Gasteiger partial charge in [-0.2, -0.15) is 0 Å². The number of rotatable bonds is 4. The number of amides is 1. The van der Waals surface area contributed by atoms with Crippen LogP contribution in [-0.2, 0) is 11.3 Å². The fourth-order valence-corrected chi connectivity index (χ4v) is 3.22. The number of nitrogens with one attached hydrogen (secondary N) is 1. The Hall–Kier alpha value is -1.62. The molecule has 0 aromatic carbocycles. The lowest BCUT2D eigenvalue weighted by Gasteiger charge is -2.21. The number of pyridine rings is 1. The molecule has 1 saturated carbocycles. The van der Waals surface area contributed by atoms with Crippen LogP contribution in [0.1, 0.15) is 44.1 Å². The Kier molecular flexibility index (Phi) is 4.10. The first-order valence-corrected chi connectivity index (χ1v) is 7.88. The second-order valence-electron chi connectivity index (χ2n) is 6.14. The van der Waals surface area contributed by atoms with Gasteiger partial charge in [0, 0.05) is 25.8 Å². The van der Waals surface area contributed by atoms with E-state index < -0.39 is 5.60 Å². The van der Waals surface area contributed by atoms with Crippen molar-refractivity contribution in [1.29, 1.82) is 0 Å². The average molecular weight is 289 g/mol. The van der Waals surface area contributed by atoms with Gasteiger partial charge in [0.25, 0.3) is 5.91 Å². The summed E-state index contributed by atoms with van der Waals surface area (Å²) >= 11 is 0. The average Bonchev–Trinajstić information content (AvgIpc) is 3.17. The number of carbonyl (C=O) groups is 1. The van der Waals surface area contributed by atoms with Crippen molar-refractivity contribution < 1.29 is 9.90 Å². The Morgan fingerprint density at radius 3 is 2.71 bits per heavy atom. The van der Waals surface area contributed by atoms with Gasteiger partial charge in [0.05, 0.1) is 0 Å². The predicted octanol–water partition coefficient (Wildman–Crippen LogP) is 1.60. The summed E-state index contributed by atoms with van der Waals surface area (Å²) in [6, 6.07) is 3.95. The molecule has 0 radical (unpaired) electrons. The maximum atomic E-state index is 12.1. The largest absolute Gasteiger partial charge is 0.380 e. The van der Waals surface area contributed by atoms with Gasteiger partial charge in [-0.3, -0.25) is 4.79 Å². The molecule has 2 fully saturated rings. The van der Waals surface area contributed by atoms with Crippen LogP contribution in [0.25, 0.3) is 0 Å². The van der Waals surface area contributed by atoms with Crippen molar-refractivity contribution in [2.24, 2.45) is 0 Å². The molecule has 3 rings (SSSR count). The fourth-order valence-electron chi connectivity index (χ4n) is 3.22. The van der Waals surface area contributed by atoms with E-state index in [0.29, 0.717) is 19.4 Å². The molecule has 2 heterocycles. The fraction of sp³-hybridized carbons (Fsp3) is 0.625. The van der Waals surface area contributed by atoms with Gasteiger partial charge in [-0.15, -0.1) is 0 Å². The molecular formula is C16H23N3O2. The third-order valence-electron chi connectivity index (χ3n) is 4.55. The molecule has 5 heteroatoms. The molecule has 2 aliphatic rings. The lowest BCUT2D eigenvalue weighted by molar-refractivity contribution is -0.139. The molecule has 1 amide bonds. The van der Waals surface area contributed by atoms with Gasteiger partial charge in [-0.05, 0) is 56.2 Å². The molecule has 1 aromatic heterocycles. The van der Waals surface area contributed by atoms with E-state index in [4.69, 9.17) is 0 Å².